The zero-order chi connectivity index (χ0) is 14.7. The van der Waals surface area contributed by atoms with Gasteiger partial charge in [-0.15, -0.1) is 0 Å². The normalized spacial score (nSPS) is 32.2. The summed E-state index contributed by atoms with van der Waals surface area (Å²) in [5.74, 6) is 1.07. The Hall–Kier alpha value is -1.35. The molecule has 0 aliphatic heterocycles. The molecular formula is C18H26N2O. The van der Waals surface area contributed by atoms with Crippen molar-refractivity contribution >= 4 is 5.91 Å². The Morgan fingerprint density at radius 1 is 1.10 bits per heavy atom. The molecule has 2 unspecified atom stereocenters. The van der Waals surface area contributed by atoms with E-state index in [0.29, 0.717) is 24.3 Å². The summed E-state index contributed by atoms with van der Waals surface area (Å²) in [6, 6.07) is 11.1. The van der Waals surface area contributed by atoms with Crippen LogP contribution in [0.3, 0.4) is 0 Å². The Bertz CT molecular complexity index is 473. The second-order valence-corrected chi connectivity index (χ2v) is 6.68. The molecule has 2 aliphatic carbocycles. The van der Waals surface area contributed by atoms with Gasteiger partial charge in [0, 0.05) is 24.4 Å². The molecule has 0 aromatic heterocycles. The van der Waals surface area contributed by atoms with Gasteiger partial charge in [-0.1, -0.05) is 43.2 Å². The molecule has 0 radical (unpaired) electrons. The summed E-state index contributed by atoms with van der Waals surface area (Å²) >= 11 is 0. The van der Waals surface area contributed by atoms with Crippen molar-refractivity contribution in [1.29, 1.82) is 0 Å². The van der Waals surface area contributed by atoms with Crippen molar-refractivity contribution in [3.63, 3.8) is 0 Å². The monoisotopic (exact) mass is 286 g/mol. The van der Waals surface area contributed by atoms with Crippen LogP contribution in [-0.2, 0) is 4.79 Å². The first-order valence-electron chi connectivity index (χ1n) is 8.34. The molecule has 114 valence electrons. The predicted octanol–water partition coefficient (Wildman–Crippen LogP) is 2.96. The fraction of sp³-hybridized carbons (Fsp3) is 0.611. The van der Waals surface area contributed by atoms with Crippen LogP contribution >= 0.6 is 0 Å². The molecule has 1 aromatic rings. The van der Waals surface area contributed by atoms with E-state index in [1.54, 1.807) is 0 Å². The average molecular weight is 286 g/mol. The van der Waals surface area contributed by atoms with Gasteiger partial charge in [0.25, 0.3) is 0 Å². The van der Waals surface area contributed by atoms with Gasteiger partial charge in [0.05, 0.1) is 0 Å². The molecule has 3 rings (SSSR count). The average Bonchev–Trinajstić information content (AvgIpc) is 3.10. The first-order valence-corrected chi connectivity index (χ1v) is 8.34. The van der Waals surface area contributed by atoms with Crippen LogP contribution in [0.15, 0.2) is 30.3 Å². The summed E-state index contributed by atoms with van der Waals surface area (Å²) in [7, 11) is 0. The van der Waals surface area contributed by atoms with Crippen LogP contribution in [0.25, 0.3) is 0 Å². The number of hydrogen-bond acceptors (Lipinski definition) is 2. The van der Waals surface area contributed by atoms with E-state index < -0.39 is 0 Å². The Balaban J connectivity index is 1.57. The van der Waals surface area contributed by atoms with Gasteiger partial charge < -0.3 is 11.1 Å². The van der Waals surface area contributed by atoms with Crippen molar-refractivity contribution in [2.75, 3.05) is 0 Å². The molecule has 2 aliphatic rings. The first-order chi connectivity index (χ1) is 10.2. The Kier molecular flexibility index (Phi) is 4.59. The van der Waals surface area contributed by atoms with Gasteiger partial charge in [-0.05, 0) is 37.2 Å². The summed E-state index contributed by atoms with van der Waals surface area (Å²) in [5, 5.41) is 3.28. The van der Waals surface area contributed by atoms with E-state index in [2.05, 4.69) is 29.6 Å². The fourth-order valence-corrected chi connectivity index (χ4v) is 4.05. The second-order valence-electron chi connectivity index (χ2n) is 6.68. The summed E-state index contributed by atoms with van der Waals surface area (Å²) in [6.45, 7) is 0. The van der Waals surface area contributed by atoms with Crippen molar-refractivity contribution in [2.45, 2.75) is 62.9 Å². The summed E-state index contributed by atoms with van der Waals surface area (Å²) in [5.41, 5.74) is 7.43. The quantitative estimate of drug-likeness (QED) is 0.894. The van der Waals surface area contributed by atoms with E-state index >= 15 is 0 Å². The standard InChI is InChI=1S/C18H26N2O/c19-16-10-4-8-14(16)12-18(21)20-17-11-5-9-15(17)13-6-2-1-3-7-13/h1-3,6-7,14-17H,4-5,8-12,19H2,(H,20,21)/t14-,15?,16+,17?/m0/s1. The third-order valence-electron chi connectivity index (χ3n) is 5.26. The van der Waals surface area contributed by atoms with Crippen LogP contribution in [-0.4, -0.2) is 18.0 Å². The lowest BCUT2D eigenvalue weighted by molar-refractivity contribution is -0.122. The number of amides is 1. The lowest BCUT2D eigenvalue weighted by Gasteiger charge is -2.23. The fourth-order valence-electron chi connectivity index (χ4n) is 4.05. The SMILES string of the molecule is N[C@@H]1CCC[C@H]1CC(=O)NC1CCCC1c1ccccc1. The molecule has 4 atom stereocenters. The van der Waals surface area contributed by atoms with Gasteiger partial charge >= 0.3 is 0 Å². The molecule has 0 heterocycles. The van der Waals surface area contributed by atoms with Crippen molar-refractivity contribution in [2.24, 2.45) is 11.7 Å². The van der Waals surface area contributed by atoms with Crippen LogP contribution in [0.2, 0.25) is 0 Å². The van der Waals surface area contributed by atoms with E-state index in [9.17, 15) is 4.79 Å². The molecule has 2 saturated carbocycles. The maximum atomic E-state index is 12.3. The van der Waals surface area contributed by atoms with Crippen molar-refractivity contribution in [3.8, 4) is 0 Å². The molecule has 3 heteroatoms. The van der Waals surface area contributed by atoms with Gasteiger partial charge in [0.15, 0.2) is 0 Å². The van der Waals surface area contributed by atoms with Crippen molar-refractivity contribution in [3.05, 3.63) is 35.9 Å². The number of carbonyl (C=O) groups excluding carboxylic acids is 1. The molecule has 0 bridgehead atoms. The van der Waals surface area contributed by atoms with Gasteiger partial charge in [-0.2, -0.15) is 0 Å². The van der Waals surface area contributed by atoms with E-state index in [4.69, 9.17) is 5.73 Å². The van der Waals surface area contributed by atoms with Crippen LogP contribution in [0.1, 0.15) is 56.4 Å². The van der Waals surface area contributed by atoms with Crippen molar-refractivity contribution in [1.82, 2.24) is 5.32 Å². The minimum atomic E-state index is 0.199. The summed E-state index contributed by atoms with van der Waals surface area (Å²) in [4.78, 5) is 12.3. The number of nitrogens with one attached hydrogen (secondary N) is 1. The predicted molar refractivity (Wildman–Crippen MR) is 84.9 cm³/mol. The minimum absolute atomic E-state index is 0.199. The zero-order valence-corrected chi connectivity index (χ0v) is 12.6. The van der Waals surface area contributed by atoms with Crippen LogP contribution < -0.4 is 11.1 Å². The smallest absolute Gasteiger partial charge is 0.220 e. The largest absolute Gasteiger partial charge is 0.353 e. The highest BCUT2D eigenvalue weighted by Crippen LogP contribution is 2.35. The Morgan fingerprint density at radius 3 is 2.57 bits per heavy atom. The third kappa shape index (κ3) is 3.46. The molecule has 0 spiro atoms. The van der Waals surface area contributed by atoms with Gasteiger partial charge in [0.1, 0.15) is 0 Å². The maximum absolute atomic E-state index is 12.3. The number of nitrogens with two attached hydrogens (primary N) is 1. The number of hydrogen-bond donors (Lipinski definition) is 2. The highest BCUT2D eigenvalue weighted by molar-refractivity contribution is 5.76. The second kappa shape index (κ2) is 6.61. The highest BCUT2D eigenvalue weighted by Gasteiger charge is 2.31. The lowest BCUT2D eigenvalue weighted by Crippen LogP contribution is -2.38. The number of benzene rings is 1. The topological polar surface area (TPSA) is 55.1 Å². The van der Waals surface area contributed by atoms with E-state index in [1.165, 1.54) is 24.8 Å². The highest BCUT2D eigenvalue weighted by atomic mass is 16.1. The molecule has 0 saturated heterocycles. The molecular weight excluding hydrogens is 260 g/mol. The maximum Gasteiger partial charge on any atom is 0.220 e. The molecule has 1 aromatic carbocycles. The first kappa shape index (κ1) is 14.6. The Morgan fingerprint density at radius 2 is 1.86 bits per heavy atom. The van der Waals surface area contributed by atoms with Crippen LogP contribution in [0, 0.1) is 5.92 Å². The van der Waals surface area contributed by atoms with E-state index in [-0.39, 0.29) is 11.9 Å². The molecule has 3 N–H and O–H groups in total. The lowest BCUT2D eigenvalue weighted by atomic mass is 9.93. The van der Waals surface area contributed by atoms with E-state index in [0.717, 1.165) is 19.3 Å². The Labute approximate surface area is 127 Å². The molecule has 3 nitrogen and oxygen atoms in total. The zero-order valence-electron chi connectivity index (χ0n) is 12.6. The van der Waals surface area contributed by atoms with E-state index in [1.807, 2.05) is 6.07 Å². The van der Waals surface area contributed by atoms with Crippen LogP contribution in [0.5, 0.6) is 0 Å². The van der Waals surface area contributed by atoms with Gasteiger partial charge in [0.2, 0.25) is 5.91 Å². The molecule has 1 amide bonds. The van der Waals surface area contributed by atoms with Gasteiger partial charge in [-0.25, -0.2) is 0 Å². The number of rotatable bonds is 4. The van der Waals surface area contributed by atoms with Crippen molar-refractivity contribution < 1.29 is 4.79 Å². The van der Waals surface area contributed by atoms with Crippen LogP contribution in [0.4, 0.5) is 0 Å². The van der Waals surface area contributed by atoms with Gasteiger partial charge in [-0.3, -0.25) is 4.79 Å². The summed E-state index contributed by atoms with van der Waals surface area (Å²) < 4.78 is 0. The molecule has 2 fully saturated rings. The summed E-state index contributed by atoms with van der Waals surface area (Å²) in [6.07, 6.45) is 7.46. The minimum Gasteiger partial charge on any atom is -0.353 e. The molecule has 21 heavy (non-hydrogen) atoms. The third-order valence-corrected chi connectivity index (χ3v) is 5.26. The number of carbonyl (C=O) groups is 1.